The van der Waals surface area contributed by atoms with Gasteiger partial charge in [-0.2, -0.15) is 17.9 Å². The van der Waals surface area contributed by atoms with Crippen molar-refractivity contribution in [1.82, 2.24) is 0 Å². The van der Waals surface area contributed by atoms with E-state index < -0.39 is 12.2 Å². The van der Waals surface area contributed by atoms with Gasteiger partial charge in [0, 0.05) is 0 Å². The van der Waals surface area contributed by atoms with Crippen LogP contribution in [0.25, 0.3) is 0 Å². The fourth-order valence-corrected chi connectivity index (χ4v) is 2.37. The van der Waals surface area contributed by atoms with E-state index in [0.29, 0.717) is 17.7 Å². The van der Waals surface area contributed by atoms with Crippen molar-refractivity contribution in [3.8, 4) is 6.07 Å². The molecule has 2 unspecified atom stereocenters. The van der Waals surface area contributed by atoms with Crippen LogP contribution in [0.2, 0.25) is 0 Å². The Morgan fingerprint density at radius 1 is 1.28 bits per heavy atom. The maximum atomic E-state index is 9.94. The average Bonchev–Trinajstić information content (AvgIpc) is 3.19. The van der Waals surface area contributed by atoms with Crippen LogP contribution >= 0.6 is 12.6 Å². The van der Waals surface area contributed by atoms with Crippen molar-refractivity contribution in [3.63, 3.8) is 0 Å². The molecule has 0 amide bonds. The molecule has 4 heteroatoms. The predicted molar refractivity (Wildman–Crippen MR) is 72.4 cm³/mol. The van der Waals surface area contributed by atoms with Crippen molar-refractivity contribution >= 4 is 12.6 Å². The number of hydrogen-bond donors (Lipinski definition) is 3. The Morgan fingerprint density at radius 3 is 2.33 bits per heavy atom. The second-order valence-corrected chi connectivity index (χ2v) is 5.29. The zero-order chi connectivity index (χ0) is 13.2. The fourth-order valence-electron chi connectivity index (χ4n) is 2.10. The number of hydrogen-bond acceptors (Lipinski definition) is 4. The first-order chi connectivity index (χ1) is 8.63. The van der Waals surface area contributed by atoms with Crippen LogP contribution in [-0.4, -0.2) is 22.1 Å². The van der Waals surface area contributed by atoms with Crippen molar-refractivity contribution in [3.05, 3.63) is 35.4 Å². The Kier molecular flexibility index (Phi) is 3.96. The van der Waals surface area contributed by atoms with E-state index in [0.717, 1.165) is 18.4 Å². The molecular formula is C14H17NO2S. The number of aliphatic hydroxyl groups excluding tert-OH is 2. The zero-order valence-corrected chi connectivity index (χ0v) is 11.0. The van der Waals surface area contributed by atoms with Crippen LogP contribution in [-0.2, 0) is 5.41 Å². The van der Waals surface area contributed by atoms with E-state index in [2.05, 4.69) is 18.7 Å². The summed E-state index contributed by atoms with van der Waals surface area (Å²) in [5.74, 6) is 0.536. The predicted octanol–water partition coefficient (Wildman–Crippen LogP) is 1.96. The lowest BCUT2D eigenvalue weighted by Gasteiger charge is -2.18. The number of nitriles is 1. The normalized spacial score (nSPS) is 19.9. The lowest BCUT2D eigenvalue weighted by molar-refractivity contribution is 0.0172. The van der Waals surface area contributed by atoms with Gasteiger partial charge < -0.3 is 10.2 Å². The van der Waals surface area contributed by atoms with E-state index >= 15 is 0 Å². The molecular weight excluding hydrogens is 246 g/mol. The summed E-state index contributed by atoms with van der Waals surface area (Å²) in [5.41, 5.74) is 1.39. The van der Waals surface area contributed by atoms with Gasteiger partial charge in [-0.3, -0.25) is 0 Å². The quantitative estimate of drug-likeness (QED) is 0.712. The molecule has 0 aromatic heterocycles. The molecule has 1 fully saturated rings. The van der Waals surface area contributed by atoms with Crippen molar-refractivity contribution in [2.45, 2.75) is 36.9 Å². The third-order valence-corrected chi connectivity index (χ3v) is 3.82. The molecule has 3 nitrogen and oxygen atoms in total. The molecule has 1 aromatic carbocycles. The second kappa shape index (κ2) is 5.31. The van der Waals surface area contributed by atoms with Crippen LogP contribution in [0.4, 0.5) is 0 Å². The Morgan fingerprint density at radius 2 is 1.89 bits per heavy atom. The SMILES string of the molecule is N#CC1(c2ccc(C(O)C(O)CCS)cc2)CC1. The Balaban J connectivity index is 2.11. The lowest BCUT2D eigenvalue weighted by Crippen LogP contribution is -2.18. The molecule has 0 bridgehead atoms. The standard InChI is InChI=1S/C14H17NO2S/c15-9-14(6-7-14)11-3-1-10(2-4-11)13(17)12(16)5-8-18/h1-4,12-13,16-18H,5-8H2. The van der Waals surface area contributed by atoms with Crippen molar-refractivity contribution in [1.29, 1.82) is 5.26 Å². The molecule has 2 atom stereocenters. The van der Waals surface area contributed by atoms with E-state index in [1.807, 2.05) is 12.1 Å². The molecule has 0 saturated heterocycles. The summed E-state index contributed by atoms with van der Waals surface area (Å²) >= 11 is 4.03. The van der Waals surface area contributed by atoms with E-state index in [9.17, 15) is 10.2 Å². The Labute approximate surface area is 112 Å². The van der Waals surface area contributed by atoms with Gasteiger partial charge in [-0.25, -0.2) is 0 Å². The highest BCUT2D eigenvalue weighted by molar-refractivity contribution is 7.80. The molecule has 0 heterocycles. The van der Waals surface area contributed by atoms with Gasteiger partial charge in [0.05, 0.1) is 17.6 Å². The summed E-state index contributed by atoms with van der Waals surface area (Å²) in [4.78, 5) is 0. The number of nitrogens with zero attached hydrogens (tertiary/aromatic N) is 1. The highest BCUT2D eigenvalue weighted by Gasteiger charge is 2.44. The summed E-state index contributed by atoms with van der Waals surface area (Å²) in [7, 11) is 0. The smallest absolute Gasteiger partial charge is 0.105 e. The molecule has 0 radical (unpaired) electrons. The summed E-state index contributed by atoms with van der Waals surface area (Å²) in [5, 5.41) is 28.7. The Bertz CT molecular complexity index is 448. The average molecular weight is 263 g/mol. The number of benzene rings is 1. The lowest BCUT2D eigenvalue weighted by atomic mass is 9.94. The first-order valence-electron chi connectivity index (χ1n) is 6.11. The van der Waals surface area contributed by atoms with Crippen LogP contribution in [0, 0.1) is 11.3 Å². The van der Waals surface area contributed by atoms with E-state index in [1.165, 1.54) is 0 Å². The van der Waals surface area contributed by atoms with Gasteiger partial charge >= 0.3 is 0 Å². The van der Waals surface area contributed by atoms with Gasteiger partial charge in [0.25, 0.3) is 0 Å². The molecule has 2 N–H and O–H groups in total. The third-order valence-electron chi connectivity index (χ3n) is 3.56. The van der Waals surface area contributed by atoms with Crippen LogP contribution in [0.3, 0.4) is 0 Å². The fraction of sp³-hybridized carbons (Fsp3) is 0.500. The summed E-state index contributed by atoms with van der Waals surface area (Å²) in [6.07, 6.45) is 0.595. The molecule has 96 valence electrons. The van der Waals surface area contributed by atoms with Crippen LogP contribution in [0.15, 0.2) is 24.3 Å². The van der Waals surface area contributed by atoms with Gasteiger partial charge in [0.2, 0.25) is 0 Å². The molecule has 1 aliphatic rings. The third kappa shape index (κ3) is 2.54. The van der Waals surface area contributed by atoms with Gasteiger partial charge in [-0.15, -0.1) is 0 Å². The second-order valence-electron chi connectivity index (χ2n) is 4.84. The minimum Gasteiger partial charge on any atom is -0.390 e. The molecule has 1 aromatic rings. The number of thiol groups is 1. The summed E-state index contributed by atoms with van der Waals surface area (Å²) in [6, 6.07) is 9.67. The van der Waals surface area contributed by atoms with E-state index in [-0.39, 0.29) is 5.41 Å². The van der Waals surface area contributed by atoms with Crippen LogP contribution in [0.5, 0.6) is 0 Å². The topological polar surface area (TPSA) is 64.2 Å². The van der Waals surface area contributed by atoms with Crippen LogP contribution < -0.4 is 0 Å². The summed E-state index contributed by atoms with van der Waals surface area (Å²) in [6.45, 7) is 0. The highest BCUT2D eigenvalue weighted by atomic mass is 32.1. The van der Waals surface area contributed by atoms with Crippen molar-refractivity contribution < 1.29 is 10.2 Å². The van der Waals surface area contributed by atoms with Crippen molar-refractivity contribution in [2.75, 3.05) is 5.75 Å². The van der Waals surface area contributed by atoms with Gasteiger partial charge in [0.15, 0.2) is 0 Å². The molecule has 0 aliphatic heterocycles. The van der Waals surface area contributed by atoms with E-state index in [1.54, 1.807) is 12.1 Å². The maximum Gasteiger partial charge on any atom is 0.105 e. The van der Waals surface area contributed by atoms with Gasteiger partial charge in [0.1, 0.15) is 6.10 Å². The van der Waals surface area contributed by atoms with Crippen molar-refractivity contribution in [2.24, 2.45) is 0 Å². The molecule has 18 heavy (non-hydrogen) atoms. The minimum atomic E-state index is -0.886. The molecule has 2 rings (SSSR count). The minimum absolute atomic E-state index is 0.298. The molecule has 1 saturated carbocycles. The van der Waals surface area contributed by atoms with Crippen LogP contribution in [0.1, 0.15) is 36.5 Å². The zero-order valence-electron chi connectivity index (χ0n) is 10.1. The Hall–Kier alpha value is -1.02. The van der Waals surface area contributed by atoms with Gasteiger partial charge in [-0.05, 0) is 36.1 Å². The molecule has 1 aliphatic carbocycles. The first-order valence-corrected chi connectivity index (χ1v) is 6.75. The highest BCUT2D eigenvalue weighted by Crippen LogP contribution is 2.47. The number of aliphatic hydroxyl groups is 2. The number of rotatable bonds is 5. The first kappa shape index (κ1) is 13.4. The monoisotopic (exact) mass is 263 g/mol. The largest absolute Gasteiger partial charge is 0.390 e. The molecule has 0 spiro atoms. The summed E-state index contributed by atoms with van der Waals surface area (Å²) < 4.78 is 0. The van der Waals surface area contributed by atoms with Gasteiger partial charge in [-0.1, -0.05) is 24.3 Å². The van der Waals surface area contributed by atoms with E-state index in [4.69, 9.17) is 5.26 Å². The maximum absolute atomic E-state index is 9.94.